The van der Waals surface area contributed by atoms with Gasteiger partial charge >= 0.3 is 6.03 Å². The Bertz CT molecular complexity index is 715. The summed E-state index contributed by atoms with van der Waals surface area (Å²) >= 11 is 12.5. The predicted molar refractivity (Wildman–Crippen MR) is 117 cm³/mol. The minimum Gasteiger partial charge on any atom is -0.378 e. The van der Waals surface area contributed by atoms with E-state index in [0.29, 0.717) is 29.2 Å². The molecule has 0 aromatic heterocycles. The summed E-state index contributed by atoms with van der Waals surface area (Å²) in [6, 6.07) is 6.24. The van der Waals surface area contributed by atoms with Gasteiger partial charge in [-0.15, -0.1) is 0 Å². The number of piperazine rings is 1. The number of benzene rings is 1. The molecule has 8 heteroatoms. The van der Waals surface area contributed by atoms with Crippen molar-refractivity contribution >= 4 is 34.9 Å². The number of carbonyl (C=O) groups is 1. The second-order valence-corrected chi connectivity index (χ2v) is 9.22. The van der Waals surface area contributed by atoms with Gasteiger partial charge in [0, 0.05) is 39.3 Å². The molecular weight excluding hydrogens is 411 g/mol. The molecule has 0 atom stereocenters. The second-order valence-electron chi connectivity index (χ2n) is 8.44. The molecule has 1 N–H and O–H groups in total. The van der Waals surface area contributed by atoms with Crippen LogP contribution >= 0.6 is 23.2 Å². The van der Waals surface area contributed by atoms with Crippen LogP contribution in [0, 0.1) is 5.92 Å². The number of amides is 2. The Morgan fingerprint density at radius 2 is 1.90 bits per heavy atom. The van der Waals surface area contributed by atoms with Gasteiger partial charge in [0.1, 0.15) is 0 Å². The smallest absolute Gasteiger partial charge is 0.317 e. The van der Waals surface area contributed by atoms with Crippen molar-refractivity contribution in [1.29, 1.82) is 0 Å². The fourth-order valence-corrected chi connectivity index (χ4v) is 4.84. The van der Waals surface area contributed by atoms with Crippen molar-refractivity contribution < 1.29 is 9.53 Å². The van der Waals surface area contributed by atoms with Crippen LogP contribution in [0.2, 0.25) is 10.0 Å². The molecule has 1 aliphatic carbocycles. The minimum absolute atomic E-state index is 0.0672. The van der Waals surface area contributed by atoms with Crippen LogP contribution in [0.3, 0.4) is 0 Å². The van der Waals surface area contributed by atoms with Gasteiger partial charge in [0.25, 0.3) is 0 Å². The number of hydrogen-bond acceptors (Lipinski definition) is 4. The Hall–Kier alpha value is -1.21. The number of methoxy groups -OCH3 is 1. The number of carbonyl (C=O) groups excluding carboxylic acids is 1. The Morgan fingerprint density at radius 1 is 1.17 bits per heavy atom. The molecule has 0 spiro atoms. The number of hydrogen-bond donors (Lipinski definition) is 1. The van der Waals surface area contributed by atoms with Crippen molar-refractivity contribution in [2.24, 2.45) is 5.92 Å². The van der Waals surface area contributed by atoms with Crippen LogP contribution < -0.4 is 10.2 Å². The van der Waals surface area contributed by atoms with Gasteiger partial charge in [-0.25, -0.2) is 4.79 Å². The maximum atomic E-state index is 12.1. The van der Waals surface area contributed by atoms with Crippen LogP contribution in [0.4, 0.5) is 10.5 Å². The third kappa shape index (κ3) is 4.93. The number of rotatable bonds is 6. The molecule has 3 fully saturated rings. The summed E-state index contributed by atoms with van der Waals surface area (Å²) < 4.78 is 5.22. The average molecular weight is 441 g/mol. The molecule has 160 valence electrons. The molecule has 4 rings (SSSR count). The zero-order valence-corrected chi connectivity index (χ0v) is 18.5. The van der Waals surface area contributed by atoms with Crippen LogP contribution in [0.1, 0.15) is 19.3 Å². The van der Waals surface area contributed by atoms with Gasteiger partial charge in [0.05, 0.1) is 34.9 Å². The molecule has 2 heterocycles. The third-order valence-electron chi connectivity index (χ3n) is 6.53. The summed E-state index contributed by atoms with van der Waals surface area (Å²) in [7, 11) is 1.70. The summed E-state index contributed by atoms with van der Waals surface area (Å²) in [6.45, 7) is 6.60. The first-order valence-corrected chi connectivity index (χ1v) is 11.3. The fraction of sp³-hybridized carbons (Fsp3) is 0.667. The van der Waals surface area contributed by atoms with E-state index in [4.69, 9.17) is 27.9 Å². The van der Waals surface area contributed by atoms with Crippen LogP contribution in [-0.4, -0.2) is 80.9 Å². The number of nitrogens with zero attached hydrogens (tertiary/aromatic N) is 3. The predicted octanol–water partition coefficient (Wildman–Crippen LogP) is 3.32. The standard InChI is InChI=1S/C21H30Cl2N4O2/c1-29-17-13-27(14-17)21(28)24-16-11-15(12-16)5-6-25-7-9-26(10-8-25)19-4-2-3-18(22)20(19)23/h2-4,15-17H,5-14H2,1H3,(H,24,28). The van der Waals surface area contributed by atoms with E-state index in [2.05, 4.69) is 15.1 Å². The summed E-state index contributed by atoms with van der Waals surface area (Å²) in [4.78, 5) is 18.8. The SMILES string of the molecule is COC1CN(C(=O)NC2CC(CCN3CCN(c4cccc(Cl)c4Cl)CC3)C2)C1. The summed E-state index contributed by atoms with van der Waals surface area (Å²) in [6.07, 6.45) is 3.63. The first kappa shape index (κ1) is 21.0. The molecule has 29 heavy (non-hydrogen) atoms. The molecule has 0 bridgehead atoms. The fourth-order valence-electron chi connectivity index (χ4n) is 4.42. The van der Waals surface area contributed by atoms with E-state index in [-0.39, 0.29) is 12.1 Å². The van der Waals surface area contributed by atoms with Crippen molar-refractivity contribution in [3.63, 3.8) is 0 Å². The molecule has 1 saturated carbocycles. The van der Waals surface area contributed by atoms with E-state index >= 15 is 0 Å². The lowest BCUT2D eigenvalue weighted by molar-refractivity contribution is -0.00934. The zero-order valence-electron chi connectivity index (χ0n) is 16.9. The molecule has 2 saturated heterocycles. The molecule has 3 aliphatic rings. The molecule has 6 nitrogen and oxygen atoms in total. The van der Waals surface area contributed by atoms with E-state index < -0.39 is 0 Å². The number of likely N-dealkylation sites (tertiary alicyclic amines) is 1. The van der Waals surface area contributed by atoms with E-state index in [1.165, 1.54) is 6.42 Å². The van der Waals surface area contributed by atoms with Crippen LogP contribution in [0.15, 0.2) is 18.2 Å². The van der Waals surface area contributed by atoms with E-state index in [1.807, 2.05) is 23.1 Å². The first-order valence-electron chi connectivity index (χ1n) is 10.5. The number of nitrogens with one attached hydrogen (secondary N) is 1. The van der Waals surface area contributed by atoms with Gasteiger partial charge < -0.3 is 19.9 Å². The Morgan fingerprint density at radius 3 is 2.59 bits per heavy atom. The summed E-state index contributed by atoms with van der Waals surface area (Å²) in [5.41, 5.74) is 1.04. The van der Waals surface area contributed by atoms with Crippen molar-refractivity contribution in [2.45, 2.75) is 31.4 Å². The molecule has 2 aliphatic heterocycles. The minimum atomic E-state index is 0.0672. The maximum absolute atomic E-state index is 12.1. The van der Waals surface area contributed by atoms with Gasteiger partial charge in [-0.2, -0.15) is 0 Å². The average Bonchev–Trinajstić information content (AvgIpc) is 2.65. The lowest BCUT2D eigenvalue weighted by atomic mass is 9.78. The lowest BCUT2D eigenvalue weighted by Crippen LogP contribution is -2.60. The van der Waals surface area contributed by atoms with Gasteiger partial charge in [-0.05, 0) is 43.9 Å². The summed E-state index contributed by atoms with van der Waals surface area (Å²) in [5.74, 6) is 0.726. The highest BCUT2D eigenvalue weighted by Gasteiger charge is 2.35. The van der Waals surface area contributed by atoms with E-state index in [9.17, 15) is 4.79 Å². The van der Waals surface area contributed by atoms with E-state index in [1.54, 1.807) is 7.11 Å². The van der Waals surface area contributed by atoms with Crippen molar-refractivity contribution in [3.8, 4) is 0 Å². The van der Waals surface area contributed by atoms with E-state index in [0.717, 1.165) is 57.2 Å². The molecule has 0 unspecified atom stereocenters. The lowest BCUT2D eigenvalue weighted by Gasteiger charge is -2.42. The van der Waals surface area contributed by atoms with Crippen molar-refractivity contribution in [1.82, 2.24) is 15.1 Å². The van der Waals surface area contributed by atoms with Gasteiger partial charge in [-0.3, -0.25) is 4.90 Å². The second kappa shape index (κ2) is 9.29. The highest BCUT2D eigenvalue weighted by atomic mass is 35.5. The van der Waals surface area contributed by atoms with Crippen LogP contribution in [0.25, 0.3) is 0 Å². The van der Waals surface area contributed by atoms with Gasteiger partial charge in [0.15, 0.2) is 0 Å². The normalized spacial score (nSPS) is 25.5. The maximum Gasteiger partial charge on any atom is 0.317 e. The third-order valence-corrected chi connectivity index (χ3v) is 7.34. The Labute approximate surface area is 183 Å². The van der Waals surface area contributed by atoms with Crippen LogP contribution in [-0.2, 0) is 4.74 Å². The van der Waals surface area contributed by atoms with Gasteiger partial charge in [0.2, 0.25) is 0 Å². The number of halogens is 2. The van der Waals surface area contributed by atoms with Crippen molar-refractivity contribution in [2.75, 3.05) is 57.8 Å². The van der Waals surface area contributed by atoms with Gasteiger partial charge in [-0.1, -0.05) is 29.3 Å². The quantitative estimate of drug-likeness (QED) is 0.736. The molecule has 2 amide bonds. The highest BCUT2D eigenvalue weighted by Crippen LogP contribution is 2.33. The topological polar surface area (TPSA) is 48.1 Å². The monoisotopic (exact) mass is 440 g/mol. The Balaban J connectivity index is 1.11. The molecule has 1 aromatic rings. The van der Waals surface area contributed by atoms with Crippen LogP contribution in [0.5, 0.6) is 0 Å². The summed E-state index contributed by atoms with van der Waals surface area (Å²) in [5, 5.41) is 4.42. The number of anilines is 1. The highest BCUT2D eigenvalue weighted by molar-refractivity contribution is 6.43. The molecular formula is C21H30Cl2N4O2. The molecule has 0 radical (unpaired) electrons. The largest absolute Gasteiger partial charge is 0.378 e. The Kier molecular flexibility index (Phi) is 6.74. The number of ether oxygens (including phenoxy) is 1. The zero-order chi connectivity index (χ0) is 20.4. The van der Waals surface area contributed by atoms with Crippen molar-refractivity contribution in [3.05, 3.63) is 28.2 Å². The molecule has 1 aromatic carbocycles. The first-order chi connectivity index (χ1) is 14.0. The number of urea groups is 1.